The van der Waals surface area contributed by atoms with Crippen molar-refractivity contribution in [2.24, 2.45) is 5.92 Å². The molecule has 0 fully saturated rings. The number of aromatic nitrogens is 1. The highest BCUT2D eigenvalue weighted by atomic mass is 15.0. The van der Waals surface area contributed by atoms with Crippen molar-refractivity contribution in [2.45, 2.75) is 46.6 Å². The molecule has 2 nitrogen and oxygen atoms in total. The molecule has 0 aliphatic heterocycles. The normalized spacial score (nSPS) is 12.9. The third-order valence-corrected chi connectivity index (χ3v) is 2.84. The van der Waals surface area contributed by atoms with E-state index >= 15 is 0 Å². The van der Waals surface area contributed by atoms with Crippen LogP contribution >= 0.6 is 0 Å². The van der Waals surface area contributed by atoms with Crippen molar-refractivity contribution < 1.29 is 0 Å². The van der Waals surface area contributed by atoms with E-state index in [2.05, 4.69) is 44.1 Å². The molecule has 1 heterocycles. The highest BCUT2D eigenvalue weighted by Crippen LogP contribution is 2.17. The van der Waals surface area contributed by atoms with Crippen LogP contribution in [0.25, 0.3) is 0 Å². The van der Waals surface area contributed by atoms with Gasteiger partial charge in [-0.3, -0.25) is 0 Å². The second-order valence-electron chi connectivity index (χ2n) is 4.27. The first-order valence-corrected chi connectivity index (χ1v) is 5.89. The summed E-state index contributed by atoms with van der Waals surface area (Å²) in [6.07, 6.45) is 4.02. The van der Waals surface area contributed by atoms with Gasteiger partial charge in [0, 0.05) is 12.2 Å². The predicted octanol–water partition coefficient (Wildman–Crippen LogP) is 3.49. The number of nitrogens with one attached hydrogen (secondary N) is 1. The van der Waals surface area contributed by atoms with Crippen molar-refractivity contribution in [2.75, 3.05) is 5.32 Å². The first-order valence-electron chi connectivity index (χ1n) is 5.89. The molecule has 0 saturated heterocycles. The summed E-state index contributed by atoms with van der Waals surface area (Å²) in [6, 6.07) is 4.66. The van der Waals surface area contributed by atoms with Crippen LogP contribution in [-0.4, -0.2) is 11.0 Å². The third-order valence-electron chi connectivity index (χ3n) is 2.84. The van der Waals surface area contributed by atoms with Crippen LogP contribution in [0.15, 0.2) is 18.3 Å². The van der Waals surface area contributed by atoms with Gasteiger partial charge in [0.15, 0.2) is 0 Å². The van der Waals surface area contributed by atoms with Gasteiger partial charge < -0.3 is 5.32 Å². The maximum atomic E-state index is 4.41. The van der Waals surface area contributed by atoms with Crippen LogP contribution in [0, 0.1) is 5.92 Å². The van der Waals surface area contributed by atoms with Crippen molar-refractivity contribution in [1.82, 2.24) is 4.98 Å². The molecule has 2 heteroatoms. The fraction of sp³-hybridized carbons (Fsp3) is 0.615. The molecule has 0 aliphatic rings. The Bertz CT molecular complexity index is 294. The second-order valence-corrected chi connectivity index (χ2v) is 4.27. The Hall–Kier alpha value is -1.05. The average molecular weight is 206 g/mol. The number of rotatable bonds is 5. The van der Waals surface area contributed by atoms with Gasteiger partial charge in [-0.2, -0.15) is 0 Å². The molecule has 0 saturated carbocycles. The first kappa shape index (κ1) is 12.0. The number of nitrogens with zero attached hydrogens (tertiary/aromatic N) is 1. The lowest BCUT2D eigenvalue weighted by Gasteiger charge is -2.22. The number of aryl methyl sites for hydroxylation is 1. The molecule has 84 valence electrons. The number of pyridine rings is 1. The third kappa shape index (κ3) is 3.22. The molecule has 1 aromatic heterocycles. The summed E-state index contributed by atoms with van der Waals surface area (Å²) < 4.78 is 0. The van der Waals surface area contributed by atoms with Gasteiger partial charge in [0.1, 0.15) is 5.82 Å². The van der Waals surface area contributed by atoms with Gasteiger partial charge in [0.2, 0.25) is 0 Å². The monoisotopic (exact) mass is 206 g/mol. The topological polar surface area (TPSA) is 24.9 Å². The highest BCUT2D eigenvalue weighted by Gasteiger charge is 2.12. The van der Waals surface area contributed by atoms with Crippen molar-refractivity contribution in [3.63, 3.8) is 0 Å². The van der Waals surface area contributed by atoms with Crippen molar-refractivity contribution >= 4 is 5.82 Å². The van der Waals surface area contributed by atoms with E-state index in [9.17, 15) is 0 Å². The minimum absolute atomic E-state index is 0.519. The van der Waals surface area contributed by atoms with Gasteiger partial charge in [-0.25, -0.2) is 4.98 Å². The summed E-state index contributed by atoms with van der Waals surface area (Å²) in [6.45, 7) is 8.87. The molecular weight excluding hydrogens is 184 g/mol. The van der Waals surface area contributed by atoms with Crippen LogP contribution < -0.4 is 5.32 Å². The predicted molar refractivity (Wildman–Crippen MR) is 66.2 cm³/mol. The minimum Gasteiger partial charge on any atom is -0.367 e. The van der Waals surface area contributed by atoms with E-state index in [-0.39, 0.29) is 0 Å². The molecule has 0 bridgehead atoms. The van der Waals surface area contributed by atoms with Gasteiger partial charge in [0.05, 0.1) is 0 Å². The standard InChI is InChI=1S/C13H22N2/c1-5-11-8-7-9-14-13(11)15-12(6-2)10(3)4/h7-10,12H,5-6H2,1-4H3,(H,14,15). The molecule has 1 rings (SSSR count). The summed E-state index contributed by atoms with van der Waals surface area (Å²) in [7, 11) is 0. The summed E-state index contributed by atoms with van der Waals surface area (Å²) in [4.78, 5) is 4.41. The van der Waals surface area contributed by atoms with Crippen LogP contribution in [0.2, 0.25) is 0 Å². The summed E-state index contributed by atoms with van der Waals surface area (Å²) in [5, 5.41) is 3.54. The molecular formula is C13H22N2. The Balaban J connectivity index is 2.78. The molecule has 0 aliphatic carbocycles. The molecule has 0 amide bonds. The number of hydrogen-bond donors (Lipinski definition) is 1. The Labute approximate surface area is 93.1 Å². The van der Waals surface area contributed by atoms with Gasteiger partial charge in [0.25, 0.3) is 0 Å². The fourth-order valence-corrected chi connectivity index (χ4v) is 1.77. The Morgan fingerprint density at radius 2 is 2.07 bits per heavy atom. The summed E-state index contributed by atoms with van der Waals surface area (Å²) in [5.41, 5.74) is 1.30. The SMILES string of the molecule is CCc1cccnc1NC(CC)C(C)C. The molecule has 1 N–H and O–H groups in total. The second kappa shape index (κ2) is 5.74. The molecule has 0 aromatic carbocycles. The molecule has 1 unspecified atom stereocenters. The zero-order valence-corrected chi connectivity index (χ0v) is 10.2. The molecule has 15 heavy (non-hydrogen) atoms. The summed E-state index contributed by atoms with van der Waals surface area (Å²) in [5.74, 6) is 1.70. The van der Waals surface area contributed by atoms with Crippen molar-refractivity contribution in [1.29, 1.82) is 0 Å². The first-order chi connectivity index (χ1) is 7.19. The van der Waals surface area contributed by atoms with Crippen molar-refractivity contribution in [3.05, 3.63) is 23.9 Å². The number of anilines is 1. The largest absolute Gasteiger partial charge is 0.367 e. The van der Waals surface area contributed by atoms with E-state index in [0.717, 1.165) is 18.7 Å². The lowest BCUT2D eigenvalue weighted by atomic mass is 10.0. The molecule has 1 aromatic rings. The van der Waals surface area contributed by atoms with Crippen LogP contribution in [0.1, 0.15) is 39.7 Å². The zero-order chi connectivity index (χ0) is 11.3. The Morgan fingerprint density at radius 3 is 2.60 bits per heavy atom. The van der Waals surface area contributed by atoms with Crippen LogP contribution in [0.4, 0.5) is 5.82 Å². The quantitative estimate of drug-likeness (QED) is 0.797. The molecule has 1 atom stereocenters. The fourth-order valence-electron chi connectivity index (χ4n) is 1.77. The number of hydrogen-bond acceptors (Lipinski definition) is 2. The smallest absolute Gasteiger partial charge is 0.129 e. The average Bonchev–Trinajstić information content (AvgIpc) is 2.25. The highest BCUT2D eigenvalue weighted by molar-refractivity contribution is 5.44. The van der Waals surface area contributed by atoms with E-state index in [4.69, 9.17) is 0 Å². The summed E-state index contributed by atoms with van der Waals surface area (Å²) >= 11 is 0. The van der Waals surface area contributed by atoms with Crippen molar-refractivity contribution in [3.8, 4) is 0 Å². The molecule has 0 radical (unpaired) electrons. The maximum Gasteiger partial charge on any atom is 0.129 e. The van der Waals surface area contributed by atoms with Gasteiger partial charge in [-0.15, -0.1) is 0 Å². The van der Waals surface area contributed by atoms with Gasteiger partial charge in [-0.05, 0) is 30.4 Å². The van der Waals surface area contributed by atoms with E-state index in [0.29, 0.717) is 12.0 Å². The lowest BCUT2D eigenvalue weighted by Crippen LogP contribution is -2.25. The lowest BCUT2D eigenvalue weighted by molar-refractivity contribution is 0.509. The van der Waals surface area contributed by atoms with E-state index in [1.165, 1.54) is 5.56 Å². The van der Waals surface area contributed by atoms with Gasteiger partial charge >= 0.3 is 0 Å². The van der Waals surface area contributed by atoms with E-state index < -0.39 is 0 Å². The molecule has 0 spiro atoms. The van der Waals surface area contributed by atoms with Gasteiger partial charge in [-0.1, -0.05) is 33.8 Å². The minimum atomic E-state index is 0.519. The van der Waals surface area contributed by atoms with E-state index in [1.54, 1.807) is 0 Å². The van der Waals surface area contributed by atoms with Crippen LogP contribution in [-0.2, 0) is 6.42 Å². The van der Waals surface area contributed by atoms with Crippen LogP contribution in [0.5, 0.6) is 0 Å². The Morgan fingerprint density at radius 1 is 1.33 bits per heavy atom. The van der Waals surface area contributed by atoms with Crippen LogP contribution in [0.3, 0.4) is 0 Å². The zero-order valence-electron chi connectivity index (χ0n) is 10.2. The Kier molecular flexibility index (Phi) is 4.60. The van der Waals surface area contributed by atoms with E-state index in [1.807, 2.05) is 12.3 Å². The maximum absolute atomic E-state index is 4.41.